The van der Waals surface area contributed by atoms with Gasteiger partial charge in [-0.05, 0) is 25.8 Å². The van der Waals surface area contributed by atoms with Crippen molar-refractivity contribution in [2.24, 2.45) is 5.92 Å². The number of β-amino-alcohol motifs (C(OH)–C–C–N with tert-alkyl or cyclic N) is 1. The second-order valence-corrected chi connectivity index (χ2v) is 5.69. The van der Waals surface area contributed by atoms with Crippen molar-refractivity contribution < 1.29 is 14.9 Å². The number of ether oxygens (including phenoxy) is 1. The quantitative estimate of drug-likeness (QED) is 0.637. The molecular formula is C13H26N2O3. The van der Waals surface area contributed by atoms with Crippen LogP contribution in [0.1, 0.15) is 12.8 Å². The molecule has 1 aliphatic heterocycles. The Labute approximate surface area is 109 Å². The van der Waals surface area contributed by atoms with E-state index in [1.807, 2.05) is 11.9 Å². The van der Waals surface area contributed by atoms with E-state index in [1.165, 1.54) is 0 Å². The summed E-state index contributed by atoms with van der Waals surface area (Å²) in [5, 5.41) is 19.9. The second kappa shape index (κ2) is 6.82. The van der Waals surface area contributed by atoms with E-state index < -0.39 is 0 Å². The molecule has 0 bridgehead atoms. The zero-order valence-electron chi connectivity index (χ0n) is 11.3. The smallest absolute Gasteiger partial charge is 0.0793 e. The number of hydrogen-bond acceptors (Lipinski definition) is 5. The summed E-state index contributed by atoms with van der Waals surface area (Å²) in [6.07, 6.45) is 1.75. The van der Waals surface area contributed by atoms with Crippen molar-refractivity contribution in [1.82, 2.24) is 9.80 Å². The predicted octanol–water partition coefficient (Wildman–Crippen LogP) is -0.618. The van der Waals surface area contributed by atoms with Gasteiger partial charge in [0.1, 0.15) is 0 Å². The molecule has 0 radical (unpaired) electrons. The maximum atomic E-state index is 10.0. The summed E-state index contributed by atoms with van der Waals surface area (Å²) in [5.41, 5.74) is 0. The number of aliphatic hydroxyl groups is 2. The average molecular weight is 258 g/mol. The standard InChI is InChI=1S/C13H26N2O3/c1-14(10-13(17)11-2-3-11)8-12(16)9-15-4-6-18-7-5-15/h11-13,16-17H,2-10H2,1H3. The van der Waals surface area contributed by atoms with Gasteiger partial charge in [-0.15, -0.1) is 0 Å². The molecule has 2 atom stereocenters. The van der Waals surface area contributed by atoms with Crippen LogP contribution in [0.3, 0.4) is 0 Å². The predicted molar refractivity (Wildman–Crippen MR) is 69.5 cm³/mol. The Kier molecular flexibility index (Phi) is 5.38. The van der Waals surface area contributed by atoms with Gasteiger partial charge in [-0.25, -0.2) is 0 Å². The molecule has 0 spiro atoms. The molecule has 0 amide bonds. The normalized spacial score (nSPS) is 25.3. The van der Waals surface area contributed by atoms with Crippen LogP contribution in [0, 0.1) is 5.92 Å². The van der Waals surface area contributed by atoms with Crippen molar-refractivity contribution in [2.75, 3.05) is 53.0 Å². The van der Waals surface area contributed by atoms with Gasteiger partial charge in [0, 0.05) is 32.7 Å². The molecule has 5 heteroatoms. The van der Waals surface area contributed by atoms with Gasteiger partial charge < -0.3 is 19.8 Å². The molecule has 2 rings (SSSR count). The third-order valence-corrected chi connectivity index (χ3v) is 3.76. The summed E-state index contributed by atoms with van der Waals surface area (Å²) in [7, 11) is 1.97. The molecule has 5 nitrogen and oxygen atoms in total. The fourth-order valence-corrected chi connectivity index (χ4v) is 2.52. The molecule has 2 aliphatic rings. The highest BCUT2D eigenvalue weighted by Crippen LogP contribution is 2.32. The lowest BCUT2D eigenvalue weighted by Gasteiger charge is -2.30. The number of hydrogen-bond donors (Lipinski definition) is 2. The number of rotatable bonds is 7. The van der Waals surface area contributed by atoms with E-state index >= 15 is 0 Å². The minimum absolute atomic E-state index is 0.217. The molecule has 2 unspecified atom stereocenters. The summed E-state index contributed by atoms with van der Waals surface area (Å²) in [6, 6.07) is 0. The molecule has 1 saturated carbocycles. The molecule has 1 aliphatic carbocycles. The van der Waals surface area contributed by atoms with Crippen LogP contribution < -0.4 is 0 Å². The number of nitrogens with zero attached hydrogens (tertiary/aromatic N) is 2. The zero-order chi connectivity index (χ0) is 13.0. The lowest BCUT2D eigenvalue weighted by atomic mass is 10.2. The highest BCUT2D eigenvalue weighted by Gasteiger charge is 2.30. The Balaban J connectivity index is 1.61. The third-order valence-electron chi connectivity index (χ3n) is 3.76. The van der Waals surface area contributed by atoms with Crippen LogP contribution in [-0.2, 0) is 4.74 Å². The highest BCUT2D eigenvalue weighted by atomic mass is 16.5. The van der Waals surface area contributed by atoms with Crippen LogP contribution in [0.25, 0.3) is 0 Å². The minimum Gasteiger partial charge on any atom is -0.392 e. The first-order valence-electron chi connectivity index (χ1n) is 7.00. The molecular weight excluding hydrogens is 232 g/mol. The van der Waals surface area contributed by atoms with E-state index in [-0.39, 0.29) is 12.2 Å². The fraction of sp³-hybridized carbons (Fsp3) is 1.00. The molecule has 1 heterocycles. The summed E-state index contributed by atoms with van der Waals surface area (Å²) < 4.78 is 5.28. The van der Waals surface area contributed by atoms with Gasteiger partial charge in [0.05, 0.1) is 25.4 Å². The van der Waals surface area contributed by atoms with E-state index in [0.29, 0.717) is 25.6 Å². The van der Waals surface area contributed by atoms with Crippen molar-refractivity contribution in [3.05, 3.63) is 0 Å². The largest absolute Gasteiger partial charge is 0.392 e. The Morgan fingerprint density at radius 1 is 1.22 bits per heavy atom. The fourth-order valence-electron chi connectivity index (χ4n) is 2.52. The van der Waals surface area contributed by atoms with E-state index in [1.54, 1.807) is 0 Å². The number of morpholine rings is 1. The van der Waals surface area contributed by atoms with Gasteiger partial charge in [0.15, 0.2) is 0 Å². The van der Waals surface area contributed by atoms with E-state index in [9.17, 15) is 10.2 Å². The van der Waals surface area contributed by atoms with Gasteiger partial charge in [-0.2, -0.15) is 0 Å². The van der Waals surface area contributed by atoms with Gasteiger partial charge in [-0.3, -0.25) is 4.90 Å². The molecule has 2 fully saturated rings. The van der Waals surface area contributed by atoms with Gasteiger partial charge in [0.25, 0.3) is 0 Å². The maximum absolute atomic E-state index is 10.0. The monoisotopic (exact) mass is 258 g/mol. The molecule has 0 aromatic carbocycles. The van der Waals surface area contributed by atoms with Crippen LogP contribution >= 0.6 is 0 Å². The summed E-state index contributed by atoms with van der Waals surface area (Å²) >= 11 is 0. The van der Waals surface area contributed by atoms with E-state index in [2.05, 4.69) is 4.90 Å². The Bertz CT molecular complexity index is 242. The highest BCUT2D eigenvalue weighted by molar-refractivity contribution is 4.83. The van der Waals surface area contributed by atoms with Crippen molar-refractivity contribution in [2.45, 2.75) is 25.0 Å². The van der Waals surface area contributed by atoms with Crippen molar-refractivity contribution in [3.63, 3.8) is 0 Å². The summed E-state index contributed by atoms with van der Waals surface area (Å²) in [4.78, 5) is 4.27. The van der Waals surface area contributed by atoms with Gasteiger partial charge in [-0.1, -0.05) is 0 Å². The molecule has 0 aromatic rings. The first-order chi connectivity index (χ1) is 8.65. The van der Waals surface area contributed by atoms with Gasteiger partial charge in [0.2, 0.25) is 0 Å². The SMILES string of the molecule is CN(CC(O)CN1CCOCC1)CC(O)C1CC1. The minimum atomic E-state index is -0.348. The molecule has 18 heavy (non-hydrogen) atoms. The Morgan fingerprint density at radius 3 is 2.50 bits per heavy atom. The lowest BCUT2D eigenvalue weighted by molar-refractivity contribution is 0.00497. The molecule has 2 N–H and O–H groups in total. The van der Waals surface area contributed by atoms with Crippen LogP contribution in [0.4, 0.5) is 0 Å². The first-order valence-corrected chi connectivity index (χ1v) is 7.00. The van der Waals surface area contributed by atoms with Crippen LogP contribution in [0.15, 0.2) is 0 Å². The third kappa shape index (κ3) is 4.82. The average Bonchev–Trinajstić information content (AvgIpc) is 3.13. The molecule has 0 aromatic heterocycles. The Hall–Kier alpha value is -0.200. The Morgan fingerprint density at radius 2 is 1.89 bits per heavy atom. The van der Waals surface area contributed by atoms with Crippen LogP contribution in [0.5, 0.6) is 0 Å². The second-order valence-electron chi connectivity index (χ2n) is 5.69. The van der Waals surface area contributed by atoms with Crippen LogP contribution in [0.2, 0.25) is 0 Å². The summed E-state index contributed by atoms with van der Waals surface area (Å²) in [5.74, 6) is 0.504. The van der Waals surface area contributed by atoms with Crippen molar-refractivity contribution in [1.29, 1.82) is 0 Å². The molecule has 1 saturated heterocycles. The lowest BCUT2D eigenvalue weighted by Crippen LogP contribution is -2.45. The first kappa shape index (κ1) is 14.2. The van der Waals surface area contributed by atoms with Crippen molar-refractivity contribution in [3.8, 4) is 0 Å². The number of likely N-dealkylation sites (N-methyl/N-ethyl adjacent to an activating group) is 1. The number of aliphatic hydroxyl groups excluding tert-OH is 2. The molecule has 106 valence electrons. The summed E-state index contributed by atoms with van der Waals surface area (Å²) in [6.45, 7) is 5.35. The maximum Gasteiger partial charge on any atom is 0.0793 e. The topological polar surface area (TPSA) is 56.2 Å². The van der Waals surface area contributed by atoms with E-state index in [4.69, 9.17) is 4.74 Å². The zero-order valence-corrected chi connectivity index (χ0v) is 11.3. The van der Waals surface area contributed by atoms with Crippen LogP contribution in [-0.4, -0.2) is 85.2 Å². The van der Waals surface area contributed by atoms with E-state index in [0.717, 1.165) is 39.1 Å². The van der Waals surface area contributed by atoms with Crippen molar-refractivity contribution >= 4 is 0 Å². The van der Waals surface area contributed by atoms with Gasteiger partial charge >= 0.3 is 0 Å².